The van der Waals surface area contributed by atoms with Crippen LogP contribution in [0.5, 0.6) is 0 Å². The molecule has 1 atom stereocenters. The lowest BCUT2D eigenvalue weighted by molar-refractivity contribution is 0.0959. The van der Waals surface area contributed by atoms with E-state index in [9.17, 15) is 4.79 Å². The van der Waals surface area contributed by atoms with Crippen LogP contribution in [0.3, 0.4) is 0 Å². The van der Waals surface area contributed by atoms with Crippen LogP contribution < -0.4 is 5.73 Å². The molecule has 1 aromatic heterocycles. The molecule has 0 aliphatic heterocycles. The molecule has 0 bridgehead atoms. The molecule has 6 heteroatoms. The van der Waals surface area contributed by atoms with Gasteiger partial charge in [-0.2, -0.15) is 4.98 Å². The molecule has 2 aromatic rings. The summed E-state index contributed by atoms with van der Waals surface area (Å²) in [5, 5.41) is 3.84. The standard InChI is InChI=1S/C12H13N3O3/c1-7-4-3-5-9(6-7)10-14-11(18-15-10)8(2)17-12(13)16/h3-6,8H,1-2H3,(H2,13,16)/t8-/m0/s1. The summed E-state index contributed by atoms with van der Waals surface area (Å²) >= 11 is 0. The fourth-order valence-electron chi connectivity index (χ4n) is 1.53. The van der Waals surface area contributed by atoms with E-state index in [1.54, 1.807) is 6.92 Å². The van der Waals surface area contributed by atoms with Crippen molar-refractivity contribution in [3.8, 4) is 11.4 Å². The molecule has 2 N–H and O–H groups in total. The maximum absolute atomic E-state index is 10.6. The van der Waals surface area contributed by atoms with Crippen LogP contribution >= 0.6 is 0 Å². The van der Waals surface area contributed by atoms with Crippen LogP contribution in [0.1, 0.15) is 24.5 Å². The lowest BCUT2D eigenvalue weighted by Crippen LogP contribution is -2.15. The van der Waals surface area contributed by atoms with Crippen LogP contribution in [0.25, 0.3) is 11.4 Å². The fourth-order valence-corrected chi connectivity index (χ4v) is 1.53. The second-order valence-corrected chi connectivity index (χ2v) is 3.90. The lowest BCUT2D eigenvalue weighted by atomic mass is 10.1. The first kappa shape index (κ1) is 12.1. The molecule has 1 aromatic carbocycles. The summed E-state index contributed by atoms with van der Waals surface area (Å²) in [5.41, 5.74) is 6.86. The van der Waals surface area contributed by atoms with Crippen molar-refractivity contribution in [1.82, 2.24) is 10.1 Å². The zero-order valence-corrected chi connectivity index (χ0v) is 10.1. The van der Waals surface area contributed by atoms with Crippen LogP contribution in [0.4, 0.5) is 4.79 Å². The SMILES string of the molecule is Cc1cccc(-c2noc([C@H](C)OC(N)=O)n2)c1. The van der Waals surface area contributed by atoms with E-state index in [0.29, 0.717) is 5.82 Å². The number of hydrogen-bond donors (Lipinski definition) is 1. The van der Waals surface area contributed by atoms with Gasteiger partial charge >= 0.3 is 6.09 Å². The van der Waals surface area contributed by atoms with Crippen LogP contribution in [-0.4, -0.2) is 16.2 Å². The summed E-state index contributed by atoms with van der Waals surface area (Å²) < 4.78 is 9.78. The molecule has 0 spiro atoms. The molecule has 0 unspecified atom stereocenters. The predicted molar refractivity (Wildman–Crippen MR) is 63.6 cm³/mol. The van der Waals surface area contributed by atoms with E-state index in [0.717, 1.165) is 11.1 Å². The predicted octanol–water partition coefficient (Wildman–Crippen LogP) is 2.20. The number of primary amides is 1. The van der Waals surface area contributed by atoms with Crippen molar-refractivity contribution in [2.75, 3.05) is 0 Å². The van der Waals surface area contributed by atoms with Gasteiger partial charge in [-0.05, 0) is 19.9 Å². The van der Waals surface area contributed by atoms with Crippen molar-refractivity contribution in [2.45, 2.75) is 20.0 Å². The highest BCUT2D eigenvalue weighted by Gasteiger charge is 2.17. The van der Waals surface area contributed by atoms with Gasteiger partial charge in [0.25, 0.3) is 5.89 Å². The molecule has 2 rings (SSSR count). The number of benzene rings is 1. The van der Waals surface area contributed by atoms with Crippen molar-refractivity contribution in [1.29, 1.82) is 0 Å². The Morgan fingerprint density at radius 2 is 2.28 bits per heavy atom. The molecule has 0 aliphatic rings. The van der Waals surface area contributed by atoms with E-state index in [1.165, 1.54) is 0 Å². The number of carbonyl (C=O) groups excluding carboxylic acids is 1. The summed E-state index contributed by atoms with van der Waals surface area (Å²) in [6.07, 6.45) is -1.54. The first-order chi connectivity index (χ1) is 8.56. The molecular formula is C12H13N3O3. The van der Waals surface area contributed by atoms with Gasteiger partial charge in [0.05, 0.1) is 0 Å². The van der Waals surface area contributed by atoms with Crippen molar-refractivity contribution >= 4 is 6.09 Å². The molecule has 1 amide bonds. The number of rotatable bonds is 3. The quantitative estimate of drug-likeness (QED) is 0.897. The van der Waals surface area contributed by atoms with Gasteiger partial charge in [0.15, 0.2) is 6.10 Å². The normalized spacial score (nSPS) is 12.1. The number of nitrogens with zero attached hydrogens (tertiary/aromatic N) is 2. The number of hydrogen-bond acceptors (Lipinski definition) is 5. The van der Waals surface area contributed by atoms with Crippen LogP contribution in [0.15, 0.2) is 28.8 Å². The maximum Gasteiger partial charge on any atom is 0.405 e. The van der Waals surface area contributed by atoms with E-state index < -0.39 is 12.2 Å². The second-order valence-electron chi connectivity index (χ2n) is 3.90. The summed E-state index contributed by atoms with van der Waals surface area (Å²) in [6, 6.07) is 7.70. The second kappa shape index (κ2) is 4.87. The highest BCUT2D eigenvalue weighted by molar-refractivity contribution is 5.64. The van der Waals surface area contributed by atoms with Crippen LogP contribution in [0.2, 0.25) is 0 Å². The monoisotopic (exact) mass is 247 g/mol. The minimum atomic E-state index is -0.877. The van der Waals surface area contributed by atoms with E-state index in [4.69, 9.17) is 15.0 Å². The van der Waals surface area contributed by atoms with Gasteiger partial charge in [-0.1, -0.05) is 28.9 Å². The van der Waals surface area contributed by atoms with Crippen molar-refractivity contribution in [2.24, 2.45) is 5.73 Å². The Morgan fingerprint density at radius 1 is 1.50 bits per heavy atom. The Morgan fingerprint density at radius 3 is 2.94 bits per heavy atom. The van der Waals surface area contributed by atoms with Gasteiger partial charge in [0, 0.05) is 5.56 Å². The summed E-state index contributed by atoms with van der Waals surface area (Å²) in [5.74, 6) is 0.666. The smallest absolute Gasteiger partial charge is 0.405 e. The molecule has 94 valence electrons. The molecular weight excluding hydrogens is 234 g/mol. The van der Waals surface area contributed by atoms with Gasteiger partial charge < -0.3 is 15.0 Å². The van der Waals surface area contributed by atoms with Gasteiger partial charge in [-0.25, -0.2) is 4.79 Å². The molecule has 0 radical (unpaired) electrons. The lowest BCUT2D eigenvalue weighted by Gasteiger charge is -2.04. The van der Waals surface area contributed by atoms with Crippen LogP contribution in [-0.2, 0) is 4.74 Å². The fraction of sp³-hybridized carbons (Fsp3) is 0.250. The zero-order valence-electron chi connectivity index (χ0n) is 10.1. The molecule has 1 heterocycles. The molecule has 0 saturated heterocycles. The van der Waals surface area contributed by atoms with E-state index in [-0.39, 0.29) is 5.89 Å². The minimum absolute atomic E-state index is 0.213. The topological polar surface area (TPSA) is 91.2 Å². The highest BCUT2D eigenvalue weighted by Crippen LogP contribution is 2.20. The Bertz CT molecular complexity index is 565. The van der Waals surface area contributed by atoms with Gasteiger partial charge in [0.2, 0.25) is 5.82 Å². The molecule has 0 saturated carbocycles. The Labute approximate surface area is 104 Å². The summed E-state index contributed by atoms with van der Waals surface area (Å²) in [6.45, 7) is 3.58. The molecule has 0 fully saturated rings. The third-order valence-electron chi connectivity index (χ3n) is 2.36. The summed E-state index contributed by atoms with van der Waals surface area (Å²) in [7, 11) is 0. The first-order valence-electron chi connectivity index (χ1n) is 5.43. The molecule has 6 nitrogen and oxygen atoms in total. The minimum Gasteiger partial charge on any atom is -0.437 e. The number of amides is 1. The van der Waals surface area contributed by atoms with E-state index in [2.05, 4.69) is 10.1 Å². The Hall–Kier alpha value is -2.37. The third kappa shape index (κ3) is 2.65. The van der Waals surface area contributed by atoms with E-state index in [1.807, 2.05) is 31.2 Å². The van der Waals surface area contributed by atoms with Crippen molar-refractivity contribution < 1.29 is 14.1 Å². The highest BCUT2D eigenvalue weighted by atomic mass is 16.6. The van der Waals surface area contributed by atoms with Crippen molar-refractivity contribution in [3.05, 3.63) is 35.7 Å². The Balaban J connectivity index is 2.22. The molecule has 0 aliphatic carbocycles. The largest absolute Gasteiger partial charge is 0.437 e. The third-order valence-corrected chi connectivity index (χ3v) is 2.36. The number of carbonyl (C=O) groups is 1. The van der Waals surface area contributed by atoms with E-state index >= 15 is 0 Å². The average molecular weight is 247 g/mol. The number of nitrogens with two attached hydrogens (primary N) is 1. The molecule has 18 heavy (non-hydrogen) atoms. The van der Waals surface area contributed by atoms with Crippen molar-refractivity contribution in [3.63, 3.8) is 0 Å². The summed E-state index contributed by atoms with van der Waals surface area (Å²) in [4.78, 5) is 14.8. The number of aromatic nitrogens is 2. The average Bonchev–Trinajstić information content (AvgIpc) is 2.77. The first-order valence-corrected chi connectivity index (χ1v) is 5.43. The van der Waals surface area contributed by atoms with Crippen LogP contribution in [0, 0.1) is 6.92 Å². The number of ether oxygens (including phenoxy) is 1. The number of aryl methyl sites for hydroxylation is 1. The maximum atomic E-state index is 10.6. The van der Waals surface area contributed by atoms with Gasteiger partial charge in [-0.3, -0.25) is 0 Å². The Kier molecular flexibility index (Phi) is 3.27. The van der Waals surface area contributed by atoms with Gasteiger partial charge in [0.1, 0.15) is 0 Å². The van der Waals surface area contributed by atoms with Gasteiger partial charge in [-0.15, -0.1) is 0 Å². The zero-order chi connectivity index (χ0) is 13.1.